The Morgan fingerprint density at radius 3 is 2.58 bits per heavy atom. The van der Waals surface area contributed by atoms with E-state index in [1.165, 1.54) is 13.5 Å². The highest BCUT2D eigenvalue weighted by molar-refractivity contribution is 5.96. The third kappa shape index (κ3) is 3.55. The zero-order chi connectivity index (χ0) is 16.9. The minimum Gasteiger partial charge on any atom is -0.493 e. The summed E-state index contributed by atoms with van der Waals surface area (Å²) in [6.07, 6.45) is 5.04. The van der Waals surface area contributed by atoms with Crippen molar-refractivity contribution < 1.29 is 23.8 Å². The Kier molecular flexibility index (Phi) is 5.08. The number of methoxy groups -OCH3 is 1. The normalized spacial score (nSPS) is 17.0. The molecule has 0 spiro atoms. The van der Waals surface area contributed by atoms with Gasteiger partial charge in [0.2, 0.25) is 11.7 Å². The third-order valence-corrected chi connectivity index (χ3v) is 4.37. The number of rotatable bonds is 3. The highest BCUT2D eigenvalue weighted by Crippen LogP contribution is 2.40. The molecule has 2 N–H and O–H groups in total. The lowest BCUT2D eigenvalue weighted by Crippen LogP contribution is -2.45. The minimum absolute atomic E-state index is 0.0196. The first kappa shape index (κ1) is 16.4. The molecule has 7 nitrogen and oxygen atoms in total. The standard InChI is InChI=1S/C17H22N2O5/c1-22-13-9-12(10-14-15(13)24-8-7-23-14)17(21)19-18-16(20)11-5-3-2-4-6-11/h9-11H,2-8H2,1H3,(H,18,20)(H,19,21). The van der Waals surface area contributed by atoms with Crippen LogP contribution in [0.4, 0.5) is 0 Å². The maximum absolute atomic E-state index is 12.3. The summed E-state index contributed by atoms with van der Waals surface area (Å²) in [5, 5.41) is 0. The average Bonchev–Trinajstić information content (AvgIpc) is 2.65. The van der Waals surface area contributed by atoms with E-state index >= 15 is 0 Å². The molecular formula is C17H22N2O5. The molecular weight excluding hydrogens is 312 g/mol. The summed E-state index contributed by atoms with van der Waals surface area (Å²) in [6, 6.07) is 3.15. The smallest absolute Gasteiger partial charge is 0.269 e. The van der Waals surface area contributed by atoms with E-state index in [-0.39, 0.29) is 11.8 Å². The average molecular weight is 334 g/mol. The van der Waals surface area contributed by atoms with Gasteiger partial charge in [-0.15, -0.1) is 0 Å². The number of hydrogen-bond donors (Lipinski definition) is 2. The molecule has 1 aromatic carbocycles. The first-order chi connectivity index (χ1) is 11.7. The van der Waals surface area contributed by atoms with Crippen LogP contribution in [0.25, 0.3) is 0 Å². The number of carbonyl (C=O) groups is 2. The van der Waals surface area contributed by atoms with Gasteiger partial charge in [0.1, 0.15) is 13.2 Å². The maximum atomic E-state index is 12.3. The SMILES string of the molecule is COc1cc(C(=O)NNC(=O)C2CCCCC2)cc2c1OCCO2. The largest absolute Gasteiger partial charge is 0.493 e. The van der Waals surface area contributed by atoms with Crippen LogP contribution in [0.15, 0.2) is 12.1 Å². The second-order valence-corrected chi connectivity index (χ2v) is 5.98. The molecule has 1 heterocycles. The maximum Gasteiger partial charge on any atom is 0.269 e. The van der Waals surface area contributed by atoms with Crippen molar-refractivity contribution in [1.29, 1.82) is 0 Å². The van der Waals surface area contributed by atoms with Gasteiger partial charge in [0, 0.05) is 11.5 Å². The van der Waals surface area contributed by atoms with Crippen molar-refractivity contribution in [2.24, 2.45) is 5.92 Å². The lowest BCUT2D eigenvalue weighted by atomic mass is 9.89. The van der Waals surface area contributed by atoms with Crippen LogP contribution < -0.4 is 25.1 Å². The van der Waals surface area contributed by atoms with Gasteiger partial charge in [0.25, 0.3) is 5.91 Å². The van der Waals surface area contributed by atoms with Gasteiger partial charge in [-0.2, -0.15) is 0 Å². The van der Waals surface area contributed by atoms with Crippen LogP contribution in [0, 0.1) is 5.92 Å². The molecule has 130 valence electrons. The van der Waals surface area contributed by atoms with E-state index in [1.807, 2.05) is 0 Å². The molecule has 3 rings (SSSR count). The van der Waals surface area contributed by atoms with E-state index in [0.717, 1.165) is 25.7 Å². The molecule has 0 saturated heterocycles. The Bertz CT molecular complexity index is 608. The molecule has 7 heteroatoms. The first-order valence-electron chi connectivity index (χ1n) is 8.27. The fourth-order valence-electron chi connectivity index (χ4n) is 3.06. The summed E-state index contributed by atoms with van der Waals surface area (Å²) < 4.78 is 16.3. The van der Waals surface area contributed by atoms with Crippen molar-refractivity contribution >= 4 is 11.8 Å². The zero-order valence-electron chi connectivity index (χ0n) is 13.7. The summed E-state index contributed by atoms with van der Waals surface area (Å²) >= 11 is 0. The highest BCUT2D eigenvalue weighted by atomic mass is 16.6. The lowest BCUT2D eigenvalue weighted by molar-refractivity contribution is -0.126. The number of benzene rings is 1. The molecule has 0 aromatic heterocycles. The van der Waals surface area contributed by atoms with Crippen molar-refractivity contribution in [2.45, 2.75) is 32.1 Å². The van der Waals surface area contributed by atoms with Gasteiger partial charge >= 0.3 is 0 Å². The number of ether oxygens (including phenoxy) is 3. The molecule has 1 fully saturated rings. The second kappa shape index (κ2) is 7.42. The molecule has 24 heavy (non-hydrogen) atoms. The number of amides is 2. The Morgan fingerprint density at radius 1 is 1.08 bits per heavy atom. The van der Waals surface area contributed by atoms with Crippen LogP contribution in [0.5, 0.6) is 17.2 Å². The molecule has 0 bridgehead atoms. The molecule has 2 amide bonds. The number of nitrogens with one attached hydrogen (secondary N) is 2. The summed E-state index contributed by atoms with van der Waals surface area (Å²) in [5.41, 5.74) is 5.31. The summed E-state index contributed by atoms with van der Waals surface area (Å²) in [7, 11) is 1.50. The van der Waals surface area contributed by atoms with Crippen molar-refractivity contribution in [1.82, 2.24) is 10.9 Å². The quantitative estimate of drug-likeness (QED) is 0.824. The third-order valence-electron chi connectivity index (χ3n) is 4.37. The Labute approximate surface area is 140 Å². The number of fused-ring (bicyclic) bond motifs is 1. The van der Waals surface area contributed by atoms with E-state index in [1.54, 1.807) is 12.1 Å². The fourth-order valence-corrected chi connectivity index (χ4v) is 3.06. The number of carbonyl (C=O) groups excluding carboxylic acids is 2. The van der Waals surface area contributed by atoms with Crippen LogP contribution >= 0.6 is 0 Å². The topological polar surface area (TPSA) is 85.9 Å². The molecule has 1 aliphatic carbocycles. The molecule has 1 saturated carbocycles. The zero-order valence-corrected chi connectivity index (χ0v) is 13.7. The molecule has 0 unspecified atom stereocenters. The lowest BCUT2D eigenvalue weighted by Gasteiger charge is -2.22. The molecule has 1 aromatic rings. The van der Waals surface area contributed by atoms with E-state index in [0.29, 0.717) is 36.0 Å². The van der Waals surface area contributed by atoms with Gasteiger partial charge in [-0.3, -0.25) is 20.4 Å². The number of hydrogen-bond acceptors (Lipinski definition) is 5. The Hall–Kier alpha value is -2.44. The summed E-state index contributed by atoms with van der Waals surface area (Å²) in [5.74, 6) is 0.808. The first-order valence-corrected chi connectivity index (χ1v) is 8.27. The van der Waals surface area contributed by atoms with Crippen LogP contribution in [0.3, 0.4) is 0 Å². The van der Waals surface area contributed by atoms with Crippen LogP contribution in [0.1, 0.15) is 42.5 Å². The Balaban J connectivity index is 1.65. The summed E-state index contributed by atoms with van der Waals surface area (Å²) in [4.78, 5) is 24.4. The van der Waals surface area contributed by atoms with Crippen LogP contribution in [0.2, 0.25) is 0 Å². The molecule has 0 atom stereocenters. The van der Waals surface area contributed by atoms with Crippen molar-refractivity contribution in [3.8, 4) is 17.2 Å². The van der Waals surface area contributed by atoms with E-state index in [9.17, 15) is 9.59 Å². The molecule has 0 radical (unpaired) electrons. The molecule has 1 aliphatic heterocycles. The van der Waals surface area contributed by atoms with Gasteiger partial charge in [0.05, 0.1) is 7.11 Å². The number of hydrazine groups is 1. The minimum atomic E-state index is -0.422. The van der Waals surface area contributed by atoms with Crippen molar-refractivity contribution in [3.63, 3.8) is 0 Å². The Morgan fingerprint density at radius 2 is 1.83 bits per heavy atom. The second-order valence-electron chi connectivity index (χ2n) is 5.98. The highest BCUT2D eigenvalue weighted by Gasteiger charge is 2.23. The van der Waals surface area contributed by atoms with Crippen molar-refractivity contribution in [2.75, 3.05) is 20.3 Å². The summed E-state index contributed by atoms with van der Waals surface area (Å²) in [6.45, 7) is 0.853. The molecule has 2 aliphatic rings. The predicted octanol–water partition coefficient (Wildman–Crippen LogP) is 1.81. The van der Waals surface area contributed by atoms with Gasteiger partial charge in [-0.25, -0.2) is 0 Å². The van der Waals surface area contributed by atoms with Gasteiger partial charge < -0.3 is 14.2 Å². The fraction of sp³-hybridized carbons (Fsp3) is 0.529. The van der Waals surface area contributed by atoms with Gasteiger partial charge in [-0.1, -0.05) is 19.3 Å². The van der Waals surface area contributed by atoms with E-state index in [4.69, 9.17) is 14.2 Å². The van der Waals surface area contributed by atoms with Crippen molar-refractivity contribution in [3.05, 3.63) is 17.7 Å². The van der Waals surface area contributed by atoms with Crippen LogP contribution in [-0.2, 0) is 4.79 Å². The van der Waals surface area contributed by atoms with E-state index in [2.05, 4.69) is 10.9 Å². The van der Waals surface area contributed by atoms with Crippen LogP contribution in [-0.4, -0.2) is 32.1 Å². The monoisotopic (exact) mass is 334 g/mol. The van der Waals surface area contributed by atoms with E-state index < -0.39 is 5.91 Å². The van der Waals surface area contributed by atoms with Gasteiger partial charge in [-0.05, 0) is 25.0 Å². The van der Waals surface area contributed by atoms with Gasteiger partial charge in [0.15, 0.2) is 11.5 Å². The predicted molar refractivity (Wildman–Crippen MR) is 86.2 cm³/mol.